The van der Waals surface area contributed by atoms with Gasteiger partial charge in [-0.05, 0) is 37.0 Å². The van der Waals surface area contributed by atoms with E-state index in [0.29, 0.717) is 30.5 Å². The second kappa shape index (κ2) is 6.74. The van der Waals surface area contributed by atoms with Gasteiger partial charge in [0.15, 0.2) is 0 Å². The van der Waals surface area contributed by atoms with Crippen molar-refractivity contribution >= 4 is 17.6 Å². The van der Waals surface area contributed by atoms with Gasteiger partial charge in [0.2, 0.25) is 0 Å². The largest absolute Gasteiger partial charge is 0.467 e. The molecule has 1 N–H and O–H groups in total. The summed E-state index contributed by atoms with van der Waals surface area (Å²) in [4.78, 5) is 36.4. The van der Waals surface area contributed by atoms with Crippen molar-refractivity contribution < 1.29 is 24.4 Å². The minimum atomic E-state index is -0.731. The first kappa shape index (κ1) is 16.9. The lowest BCUT2D eigenvalue weighted by Crippen LogP contribution is -2.41. The molecule has 1 heterocycles. The number of hydrogen-bond acceptors (Lipinski definition) is 6. The third-order valence-electron chi connectivity index (χ3n) is 4.04. The molecule has 124 valence electrons. The number of amides is 1. The van der Waals surface area contributed by atoms with Gasteiger partial charge in [0.1, 0.15) is 11.6 Å². The maximum Gasteiger partial charge on any atom is 0.328 e. The molecule has 0 saturated carbocycles. The number of nitro benzene ring substituents is 1. The number of benzene rings is 1. The molecule has 2 rings (SSSR count). The monoisotopic (exact) mass is 322 g/mol. The number of rotatable bonds is 4. The van der Waals surface area contributed by atoms with E-state index < -0.39 is 22.8 Å². The molecule has 1 aliphatic rings. The average molecular weight is 322 g/mol. The van der Waals surface area contributed by atoms with Crippen molar-refractivity contribution in [2.24, 2.45) is 0 Å². The first-order chi connectivity index (χ1) is 10.9. The number of carbonyl (C=O) groups is 2. The summed E-state index contributed by atoms with van der Waals surface area (Å²) in [6.45, 7) is 1.63. The number of aryl methyl sites for hydroxylation is 1. The lowest BCUT2D eigenvalue weighted by molar-refractivity contribution is -0.385. The molecule has 0 radical (unpaired) electrons. The van der Waals surface area contributed by atoms with Gasteiger partial charge in [-0.2, -0.15) is 0 Å². The Hall–Kier alpha value is -2.48. The average Bonchev–Trinajstić information content (AvgIpc) is 3.02. The molecular weight excluding hydrogens is 304 g/mol. The third-order valence-corrected chi connectivity index (χ3v) is 4.04. The molecular formula is C15H18N2O6. The molecule has 0 spiro atoms. The van der Waals surface area contributed by atoms with Crippen molar-refractivity contribution in [1.82, 2.24) is 4.90 Å². The Balaban J connectivity index is 2.45. The zero-order chi connectivity index (χ0) is 17.1. The highest BCUT2D eigenvalue weighted by molar-refractivity contribution is 6.00. The Morgan fingerprint density at radius 2 is 2.17 bits per heavy atom. The smallest absolute Gasteiger partial charge is 0.328 e. The molecule has 1 amide bonds. The first-order valence-electron chi connectivity index (χ1n) is 7.18. The molecule has 1 aromatic rings. The summed E-state index contributed by atoms with van der Waals surface area (Å²) < 4.78 is 4.69. The number of likely N-dealkylation sites (tertiary alicyclic amines) is 1. The Morgan fingerprint density at radius 1 is 1.48 bits per heavy atom. The van der Waals surface area contributed by atoms with Crippen LogP contribution in [-0.2, 0) is 16.1 Å². The highest BCUT2D eigenvalue weighted by atomic mass is 16.6. The topological polar surface area (TPSA) is 110 Å². The van der Waals surface area contributed by atoms with E-state index in [2.05, 4.69) is 4.74 Å². The van der Waals surface area contributed by atoms with E-state index in [1.165, 1.54) is 24.1 Å². The van der Waals surface area contributed by atoms with E-state index >= 15 is 0 Å². The number of ether oxygens (including phenoxy) is 1. The molecule has 1 aromatic carbocycles. The summed E-state index contributed by atoms with van der Waals surface area (Å²) in [7, 11) is 1.24. The van der Waals surface area contributed by atoms with Crippen molar-refractivity contribution in [1.29, 1.82) is 0 Å². The normalized spacial score (nSPS) is 17.2. The molecule has 1 atom stereocenters. The van der Waals surface area contributed by atoms with Crippen LogP contribution in [0.25, 0.3) is 0 Å². The zero-order valence-electron chi connectivity index (χ0n) is 12.9. The number of aliphatic hydroxyl groups excluding tert-OH is 1. The minimum Gasteiger partial charge on any atom is -0.467 e. The van der Waals surface area contributed by atoms with Crippen LogP contribution in [0, 0.1) is 17.0 Å². The van der Waals surface area contributed by atoms with Crippen LogP contribution in [-0.4, -0.2) is 46.5 Å². The SMILES string of the molecule is COC(=O)[C@@H]1CCCN1C(=O)c1cc(CO)c(C)cc1[N+](=O)[O-]. The van der Waals surface area contributed by atoms with Crippen LogP contribution in [0.1, 0.15) is 34.3 Å². The number of aliphatic hydroxyl groups is 1. The minimum absolute atomic E-state index is 0.125. The van der Waals surface area contributed by atoms with Crippen molar-refractivity contribution in [3.8, 4) is 0 Å². The van der Waals surface area contributed by atoms with E-state index in [0.717, 1.165) is 0 Å². The van der Waals surface area contributed by atoms with Gasteiger partial charge in [-0.3, -0.25) is 14.9 Å². The van der Waals surface area contributed by atoms with Crippen LogP contribution in [0.3, 0.4) is 0 Å². The van der Waals surface area contributed by atoms with E-state index in [1.807, 2.05) is 0 Å². The molecule has 0 unspecified atom stereocenters. The second-order valence-electron chi connectivity index (χ2n) is 5.39. The van der Waals surface area contributed by atoms with Crippen LogP contribution >= 0.6 is 0 Å². The highest BCUT2D eigenvalue weighted by Crippen LogP contribution is 2.28. The first-order valence-corrected chi connectivity index (χ1v) is 7.18. The number of nitrogens with zero attached hydrogens (tertiary/aromatic N) is 2. The Bertz CT molecular complexity index is 658. The van der Waals surface area contributed by atoms with Crippen LogP contribution in [0.15, 0.2) is 12.1 Å². The standard InChI is InChI=1S/C15H18N2O6/c1-9-6-13(17(21)22)11(7-10(9)8-18)14(19)16-5-3-4-12(16)15(20)23-2/h6-7,12,18H,3-5,8H2,1-2H3/t12-/m0/s1. The van der Waals surface area contributed by atoms with Gasteiger partial charge in [-0.1, -0.05) is 0 Å². The number of nitro groups is 1. The lowest BCUT2D eigenvalue weighted by Gasteiger charge is -2.23. The summed E-state index contributed by atoms with van der Waals surface area (Å²) in [6.07, 6.45) is 1.09. The Labute approximate surface area is 132 Å². The van der Waals surface area contributed by atoms with Crippen LogP contribution in [0.4, 0.5) is 5.69 Å². The van der Waals surface area contributed by atoms with Crippen molar-refractivity contribution in [2.75, 3.05) is 13.7 Å². The number of hydrogen-bond donors (Lipinski definition) is 1. The van der Waals surface area contributed by atoms with Gasteiger partial charge in [0, 0.05) is 12.6 Å². The van der Waals surface area contributed by atoms with Crippen LogP contribution in [0.5, 0.6) is 0 Å². The predicted molar refractivity (Wildman–Crippen MR) is 79.8 cm³/mol. The van der Waals surface area contributed by atoms with Crippen LogP contribution < -0.4 is 0 Å². The van der Waals surface area contributed by atoms with E-state index in [9.17, 15) is 24.8 Å². The van der Waals surface area contributed by atoms with Gasteiger partial charge in [0.25, 0.3) is 11.6 Å². The number of carbonyl (C=O) groups excluding carboxylic acids is 2. The molecule has 1 aliphatic heterocycles. The van der Waals surface area contributed by atoms with Crippen LogP contribution in [0.2, 0.25) is 0 Å². The number of methoxy groups -OCH3 is 1. The maximum atomic E-state index is 12.7. The third kappa shape index (κ3) is 3.16. The molecule has 0 aromatic heterocycles. The number of esters is 1. The lowest BCUT2D eigenvalue weighted by atomic mass is 10.0. The summed E-state index contributed by atoms with van der Waals surface area (Å²) in [5.41, 5.74) is 0.509. The molecule has 23 heavy (non-hydrogen) atoms. The predicted octanol–water partition coefficient (Wildman–Crippen LogP) is 1.17. The summed E-state index contributed by atoms with van der Waals surface area (Å²) in [5.74, 6) is -1.13. The molecule has 8 nitrogen and oxygen atoms in total. The Kier molecular flexibility index (Phi) is 4.95. The van der Waals surface area contributed by atoms with E-state index in [1.54, 1.807) is 6.92 Å². The van der Waals surface area contributed by atoms with Crippen molar-refractivity contribution in [3.05, 3.63) is 38.9 Å². The fourth-order valence-electron chi connectivity index (χ4n) is 2.78. The van der Waals surface area contributed by atoms with Gasteiger partial charge in [-0.25, -0.2) is 4.79 Å². The summed E-state index contributed by atoms with van der Waals surface area (Å²) >= 11 is 0. The second-order valence-corrected chi connectivity index (χ2v) is 5.39. The van der Waals surface area contributed by atoms with Crippen molar-refractivity contribution in [3.63, 3.8) is 0 Å². The zero-order valence-corrected chi connectivity index (χ0v) is 12.9. The summed E-state index contributed by atoms with van der Waals surface area (Å²) in [5, 5.41) is 20.6. The van der Waals surface area contributed by atoms with Gasteiger partial charge in [0.05, 0.1) is 18.6 Å². The van der Waals surface area contributed by atoms with Gasteiger partial charge < -0.3 is 14.7 Å². The quantitative estimate of drug-likeness (QED) is 0.506. The molecule has 1 saturated heterocycles. The molecule has 0 bridgehead atoms. The van der Waals surface area contributed by atoms with E-state index in [4.69, 9.17) is 0 Å². The fraction of sp³-hybridized carbons (Fsp3) is 0.467. The molecule has 1 fully saturated rings. The maximum absolute atomic E-state index is 12.7. The molecule has 8 heteroatoms. The van der Waals surface area contributed by atoms with Gasteiger partial charge >= 0.3 is 5.97 Å². The molecule has 0 aliphatic carbocycles. The van der Waals surface area contributed by atoms with E-state index in [-0.39, 0.29) is 17.9 Å². The van der Waals surface area contributed by atoms with Crippen molar-refractivity contribution in [2.45, 2.75) is 32.4 Å². The van der Waals surface area contributed by atoms with Gasteiger partial charge in [-0.15, -0.1) is 0 Å². The summed E-state index contributed by atoms with van der Waals surface area (Å²) in [6, 6.07) is 1.86. The highest BCUT2D eigenvalue weighted by Gasteiger charge is 2.37. The Morgan fingerprint density at radius 3 is 2.74 bits per heavy atom. The fourth-order valence-corrected chi connectivity index (χ4v) is 2.78.